The Kier molecular flexibility index (Phi) is 6.79. The molecule has 0 bridgehead atoms. The summed E-state index contributed by atoms with van der Waals surface area (Å²) >= 11 is 0. The highest BCUT2D eigenvalue weighted by atomic mass is 16.2. The smallest absolute Gasteiger partial charge is 0.249 e. The zero-order valence-electron chi connectivity index (χ0n) is 19.4. The quantitative estimate of drug-likeness (QED) is 0.195. The zero-order chi connectivity index (χ0) is 24.2. The highest BCUT2D eigenvalue weighted by molar-refractivity contribution is 6.03. The standard InChI is InChI=1S/C26H30N6O2/c1-16(29-2)25(33)30-22-13-12-18-6-3-4-9-23(18)32(26(22)34)15-20-8-5-7-17-10-11-19(14-21(17)20)24(27)31-28/h3-11,14,16,22,29H,12-13,15,28H2,1-2H3,(H2,27,31)(H,30,33)/t16-,22?/m0/s1. The molecule has 0 aliphatic carbocycles. The summed E-state index contributed by atoms with van der Waals surface area (Å²) in [6, 6.07) is 18.7. The molecule has 1 aliphatic rings. The first-order chi connectivity index (χ1) is 16.4. The van der Waals surface area contributed by atoms with Crippen molar-refractivity contribution in [2.45, 2.75) is 38.4 Å². The molecule has 1 aliphatic heterocycles. The molecule has 2 atom stereocenters. The number of nitrogens with two attached hydrogens (primary N) is 2. The van der Waals surface area contributed by atoms with Gasteiger partial charge in [0.1, 0.15) is 11.9 Å². The molecule has 2 amide bonds. The molecule has 1 unspecified atom stereocenters. The van der Waals surface area contributed by atoms with E-state index in [4.69, 9.17) is 11.6 Å². The van der Waals surface area contributed by atoms with E-state index in [1.807, 2.05) is 60.7 Å². The number of carbonyl (C=O) groups excluding carboxylic acids is 2. The molecule has 8 nitrogen and oxygen atoms in total. The van der Waals surface area contributed by atoms with Crippen LogP contribution in [0.3, 0.4) is 0 Å². The van der Waals surface area contributed by atoms with Gasteiger partial charge in [-0.2, -0.15) is 5.10 Å². The molecule has 6 N–H and O–H groups in total. The van der Waals surface area contributed by atoms with Gasteiger partial charge in [-0.3, -0.25) is 9.59 Å². The molecule has 0 aromatic heterocycles. The van der Waals surface area contributed by atoms with Crippen molar-refractivity contribution in [2.24, 2.45) is 16.7 Å². The first kappa shape index (κ1) is 23.3. The van der Waals surface area contributed by atoms with Crippen molar-refractivity contribution in [3.05, 3.63) is 77.4 Å². The lowest BCUT2D eigenvalue weighted by molar-refractivity contribution is -0.128. The van der Waals surface area contributed by atoms with Crippen molar-refractivity contribution in [1.82, 2.24) is 10.6 Å². The molecular weight excluding hydrogens is 428 g/mol. The van der Waals surface area contributed by atoms with Crippen LogP contribution in [-0.2, 0) is 22.6 Å². The van der Waals surface area contributed by atoms with Crippen molar-refractivity contribution < 1.29 is 9.59 Å². The maximum atomic E-state index is 13.8. The second-order valence-electron chi connectivity index (χ2n) is 8.53. The van der Waals surface area contributed by atoms with Gasteiger partial charge in [0.15, 0.2) is 0 Å². The highest BCUT2D eigenvalue weighted by Crippen LogP contribution is 2.30. The predicted octanol–water partition coefficient (Wildman–Crippen LogP) is 1.99. The maximum absolute atomic E-state index is 13.8. The Bertz CT molecular complexity index is 1260. The van der Waals surface area contributed by atoms with E-state index >= 15 is 0 Å². The van der Waals surface area contributed by atoms with E-state index in [0.29, 0.717) is 19.4 Å². The van der Waals surface area contributed by atoms with E-state index in [1.165, 1.54) is 0 Å². The van der Waals surface area contributed by atoms with Crippen LogP contribution in [0.5, 0.6) is 0 Å². The monoisotopic (exact) mass is 458 g/mol. The fourth-order valence-electron chi connectivity index (χ4n) is 4.32. The molecule has 0 saturated carbocycles. The van der Waals surface area contributed by atoms with E-state index in [2.05, 4.69) is 15.7 Å². The minimum Gasteiger partial charge on any atom is -0.382 e. The number of aryl methyl sites for hydroxylation is 1. The number of hydrogen-bond acceptors (Lipinski definition) is 5. The second kappa shape index (κ2) is 9.93. The number of anilines is 1. The number of rotatable bonds is 6. The predicted molar refractivity (Wildman–Crippen MR) is 135 cm³/mol. The molecular formula is C26H30N6O2. The number of likely N-dealkylation sites (N-methyl/N-ethyl adjacent to an activating group) is 1. The average Bonchev–Trinajstić information content (AvgIpc) is 2.99. The molecule has 0 spiro atoms. The normalized spacial score (nSPS) is 17.2. The van der Waals surface area contributed by atoms with E-state index in [-0.39, 0.29) is 17.6 Å². The van der Waals surface area contributed by atoms with E-state index in [9.17, 15) is 9.59 Å². The van der Waals surface area contributed by atoms with Crippen LogP contribution in [0.15, 0.2) is 65.8 Å². The Morgan fingerprint density at radius 2 is 1.97 bits per heavy atom. The number of benzene rings is 3. The van der Waals surface area contributed by atoms with Crippen LogP contribution in [0.1, 0.15) is 30.0 Å². The van der Waals surface area contributed by atoms with Crippen molar-refractivity contribution in [2.75, 3.05) is 11.9 Å². The van der Waals surface area contributed by atoms with Gasteiger partial charge in [-0.05, 0) is 60.8 Å². The molecule has 3 aromatic rings. The maximum Gasteiger partial charge on any atom is 0.249 e. The Morgan fingerprint density at radius 1 is 1.18 bits per heavy atom. The van der Waals surface area contributed by atoms with Crippen LogP contribution < -0.4 is 27.1 Å². The molecule has 0 fully saturated rings. The van der Waals surface area contributed by atoms with E-state index in [0.717, 1.165) is 33.2 Å². The third-order valence-electron chi connectivity index (χ3n) is 6.43. The van der Waals surface area contributed by atoms with E-state index < -0.39 is 12.1 Å². The van der Waals surface area contributed by atoms with Crippen LogP contribution in [0.2, 0.25) is 0 Å². The molecule has 0 saturated heterocycles. The van der Waals surface area contributed by atoms with Gasteiger partial charge in [-0.15, -0.1) is 0 Å². The number of para-hydroxylation sites is 1. The minimum atomic E-state index is -0.610. The van der Waals surface area contributed by atoms with Gasteiger partial charge < -0.3 is 27.1 Å². The van der Waals surface area contributed by atoms with Crippen molar-refractivity contribution in [1.29, 1.82) is 0 Å². The largest absolute Gasteiger partial charge is 0.382 e. The van der Waals surface area contributed by atoms with Gasteiger partial charge >= 0.3 is 0 Å². The van der Waals surface area contributed by atoms with Gasteiger partial charge in [0.25, 0.3) is 0 Å². The number of fused-ring (bicyclic) bond motifs is 2. The summed E-state index contributed by atoms with van der Waals surface area (Å²) < 4.78 is 0. The fraction of sp³-hybridized carbons (Fsp3) is 0.269. The molecule has 1 heterocycles. The Morgan fingerprint density at radius 3 is 2.74 bits per heavy atom. The highest BCUT2D eigenvalue weighted by Gasteiger charge is 2.32. The van der Waals surface area contributed by atoms with Crippen LogP contribution in [0.25, 0.3) is 10.8 Å². The summed E-state index contributed by atoms with van der Waals surface area (Å²) in [6.45, 7) is 2.12. The fourth-order valence-corrected chi connectivity index (χ4v) is 4.32. The Balaban J connectivity index is 1.74. The number of hydrazone groups is 1. The summed E-state index contributed by atoms with van der Waals surface area (Å²) in [5, 5.41) is 11.5. The van der Waals surface area contributed by atoms with Crippen LogP contribution in [0, 0.1) is 0 Å². The lowest BCUT2D eigenvalue weighted by Gasteiger charge is -2.27. The minimum absolute atomic E-state index is 0.127. The van der Waals surface area contributed by atoms with Crippen molar-refractivity contribution in [3.63, 3.8) is 0 Å². The van der Waals surface area contributed by atoms with Gasteiger partial charge in [-0.1, -0.05) is 48.5 Å². The number of hydrogen-bond donors (Lipinski definition) is 4. The van der Waals surface area contributed by atoms with Crippen LogP contribution in [0.4, 0.5) is 5.69 Å². The van der Waals surface area contributed by atoms with Gasteiger partial charge in [0, 0.05) is 11.3 Å². The lowest BCUT2D eigenvalue weighted by Crippen LogP contribution is -2.52. The van der Waals surface area contributed by atoms with Crippen LogP contribution >= 0.6 is 0 Å². The number of amidine groups is 1. The first-order valence-corrected chi connectivity index (χ1v) is 11.3. The summed E-state index contributed by atoms with van der Waals surface area (Å²) in [6.07, 6.45) is 1.23. The average molecular weight is 459 g/mol. The van der Waals surface area contributed by atoms with Crippen molar-refractivity contribution in [3.8, 4) is 0 Å². The number of nitrogens with zero attached hydrogens (tertiary/aromatic N) is 2. The first-order valence-electron chi connectivity index (χ1n) is 11.3. The Labute approximate surface area is 199 Å². The lowest BCUT2D eigenvalue weighted by atomic mass is 10.0. The third kappa shape index (κ3) is 4.58. The molecule has 3 aromatic carbocycles. The van der Waals surface area contributed by atoms with Gasteiger partial charge in [-0.25, -0.2) is 0 Å². The number of nitrogens with one attached hydrogen (secondary N) is 2. The molecule has 34 heavy (non-hydrogen) atoms. The van der Waals surface area contributed by atoms with E-state index in [1.54, 1.807) is 18.9 Å². The number of amides is 2. The van der Waals surface area contributed by atoms with Crippen molar-refractivity contribution >= 4 is 34.1 Å². The number of carbonyl (C=O) groups is 2. The van der Waals surface area contributed by atoms with Crippen LogP contribution in [-0.4, -0.2) is 36.8 Å². The Hall–Kier alpha value is -3.91. The third-order valence-corrected chi connectivity index (χ3v) is 6.43. The summed E-state index contributed by atoms with van der Waals surface area (Å²) in [5.41, 5.74) is 9.56. The van der Waals surface area contributed by atoms with Gasteiger partial charge in [0.05, 0.1) is 12.6 Å². The molecule has 0 radical (unpaired) electrons. The zero-order valence-corrected chi connectivity index (χ0v) is 19.4. The molecule has 176 valence electrons. The SMILES string of the molecule is CN[C@@H](C)C(=O)NC1CCc2ccccc2N(Cc2cccc3ccc(/C(N)=N/N)cc23)C1=O. The second-order valence-corrected chi connectivity index (χ2v) is 8.53. The molecule has 4 rings (SSSR count). The molecule has 8 heteroatoms. The summed E-state index contributed by atoms with van der Waals surface area (Å²) in [4.78, 5) is 28.1. The van der Waals surface area contributed by atoms with Gasteiger partial charge in [0.2, 0.25) is 11.8 Å². The summed E-state index contributed by atoms with van der Waals surface area (Å²) in [7, 11) is 1.72. The topological polar surface area (TPSA) is 126 Å². The summed E-state index contributed by atoms with van der Waals surface area (Å²) in [5.74, 6) is 5.30.